The van der Waals surface area contributed by atoms with Gasteiger partial charge in [-0.1, -0.05) is 71.8 Å². The quantitative estimate of drug-likeness (QED) is 0.439. The van der Waals surface area contributed by atoms with Gasteiger partial charge in [-0.15, -0.1) is 0 Å². The van der Waals surface area contributed by atoms with Gasteiger partial charge in [0, 0.05) is 18.1 Å². The van der Waals surface area contributed by atoms with Crippen molar-refractivity contribution in [2.24, 2.45) is 0 Å². The number of nitrogens with zero attached hydrogens (tertiary/aromatic N) is 2. The van der Waals surface area contributed by atoms with Gasteiger partial charge < -0.3 is 20.9 Å². The van der Waals surface area contributed by atoms with E-state index in [0.29, 0.717) is 5.69 Å². The van der Waals surface area contributed by atoms with Crippen LogP contribution in [0.15, 0.2) is 60.7 Å². The molecule has 1 aromatic heterocycles. The highest BCUT2D eigenvalue weighted by atomic mass is 35.5. The van der Waals surface area contributed by atoms with Crippen LogP contribution in [0.5, 0.6) is 0 Å². The predicted octanol–water partition coefficient (Wildman–Crippen LogP) is 4.89. The number of carboxylic acid groups (broad SMARTS) is 1. The van der Waals surface area contributed by atoms with Crippen molar-refractivity contribution >= 4 is 29.6 Å². The summed E-state index contributed by atoms with van der Waals surface area (Å²) in [6.07, 6.45) is -0.681. The first-order valence-electron chi connectivity index (χ1n) is 10.6. The minimum absolute atomic E-state index is 0.0640. The molecular formula is C25H29ClN4O4. The normalized spacial score (nSPS) is 11.6. The second kappa shape index (κ2) is 12.0. The molecule has 0 aliphatic heterocycles. The van der Waals surface area contributed by atoms with Crippen molar-refractivity contribution in [2.75, 3.05) is 5.73 Å². The highest BCUT2D eigenvalue weighted by molar-refractivity contribution is 6.29. The summed E-state index contributed by atoms with van der Waals surface area (Å²) in [4.78, 5) is 31.2. The zero-order chi connectivity index (χ0) is 25.3. The van der Waals surface area contributed by atoms with Crippen molar-refractivity contribution in [1.82, 2.24) is 15.3 Å². The number of aliphatic carboxylic acids is 1. The average Bonchev–Trinajstić information content (AvgIpc) is 2.73. The Morgan fingerprint density at radius 3 is 2.18 bits per heavy atom. The maximum Gasteiger partial charge on any atom is 0.408 e. The molecule has 0 fully saturated rings. The van der Waals surface area contributed by atoms with Gasteiger partial charge in [0.25, 0.3) is 0 Å². The number of halogens is 1. The molecule has 9 heteroatoms. The molecule has 0 aliphatic rings. The summed E-state index contributed by atoms with van der Waals surface area (Å²) in [5, 5.41) is 12.0. The number of aryl methyl sites for hydroxylation is 1. The fourth-order valence-electron chi connectivity index (χ4n) is 2.81. The molecular weight excluding hydrogens is 456 g/mol. The molecule has 0 unspecified atom stereocenters. The minimum atomic E-state index is -1.15. The third-order valence-corrected chi connectivity index (χ3v) is 4.52. The molecule has 0 spiro atoms. The number of rotatable bonds is 5. The summed E-state index contributed by atoms with van der Waals surface area (Å²) >= 11 is 5.88. The van der Waals surface area contributed by atoms with Crippen LogP contribution in [0.2, 0.25) is 5.15 Å². The van der Waals surface area contributed by atoms with Crippen LogP contribution < -0.4 is 11.1 Å². The van der Waals surface area contributed by atoms with E-state index in [0.717, 1.165) is 11.1 Å². The number of carboxylic acids is 1. The number of carbonyl (C=O) groups excluding carboxylic acids is 1. The van der Waals surface area contributed by atoms with Gasteiger partial charge in [0.15, 0.2) is 0 Å². The number of alkyl carbamates (subject to hydrolysis) is 1. The number of benzene rings is 2. The van der Waals surface area contributed by atoms with Gasteiger partial charge in [-0.05, 0) is 33.3 Å². The standard InChI is InChI=1S/C18H21ClN4O4.C7H8/c1-18(2,3)27-17(26)22-13(15(24)25)8-10-4-6-11(7-5-10)12-9-14(19)23-16(20)21-12;1-7-5-3-2-4-6-7/h4-7,9,13H,8H2,1-3H3,(H,22,26)(H,24,25)(H2,20,21,23);2-6H,1H3/t13-;/m0./s1. The molecule has 1 heterocycles. The van der Waals surface area contributed by atoms with Crippen LogP contribution in [-0.4, -0.2) is 38.8 Å². The Bertz CT molecular complexity index is 1080. The summed E-state index contributed by atoms with van der Waals surface area (Å²) < 4.78 is 5.10. The van der Waals surface area contributed by atoms with Gasteiger partial charge in [-0.2, -0.15) is 0 Å². The number of hydrogen-bond donors (Lipinski definition) is 3. The smallest absolute Gasteiger partial charge is 0.408 e. The molecule has 1 atom stereocenters. The fourth-order valence-corrected chi connectivity index (χ4v) is 3.00. The molecule has 0 bridgehead atoms. The van der Waals surface area contributed by atoms with E-state index in [1.54, 1.807) is 51.1 Å². The van der Waals surface area contributed by atoms with Crippen LogP contribution in [-0.2, 0) is 16.0 Å². The molecule has 2 aromatic carbocycles. The second-order valence-corrected chi connectivity index (χ2v) is 8.91. The first-order chi connectivity index (χ1) is 15.9. The first-order valence-corrected chi connectivity index (χ1v) is 10.9. The highest BCUT2D eigenvalue weighted by Gasteiger charge is 2.24. The molecule has 180 valence electrons. The Labute approximate surface area is 204 Å². The highest BCUT2D eigenvalue weighted by Crippen LogP contribution is 2.21. The summed E-state index contributed by atoms with van der Waals surface area (Å²) in [5.74, 6) is -1.09. The van der Waals surface area contributed by atoms with Crippen molar-refractivity contribution < 1.29 is 19.4 Å². The van der Waals surface area contributed by atoms with E-state index in [1.165, 1.54) is 5.56 Å². The van der Waals surface area contributed by atoms with Crippen molar-refractivity contribution in [1.29, 1.82) is 0 Å². The Morgan fingerprint density at radius 2 is 1.71 bits per heavy atom. The van der Waals surface area contributed by atoms with Crippen molar-refractivity contribution in [3.63, 3.8) is 0 Å². The molecule has 0 saturated carbocycles. The number of anilines is 1. The van der Waals surface area contributed by atoms with Gasteiger partial charge in [0.2, 0.25) is 5.95 Å². The SMILES string of the molecule is CC(C)(C)OC(=O)N[C@@H](Cc1ccc(-c2cc(Cl)nc(N)n2)cc1)C(=O)O.Cc1ccccc1. The van der Waals surface area contributed by atoms with E-state index in [-0.39, 0.29) is 17.5 Å². The Hall–Kier alpha value is -3.65. The molecule has 8 nitrogen and oxygen atoms in total. The third-order valence-electron chi connectivity index (χ3n) is 4.33. The average molecular weight is 485 g/mol. The summed E-state index contributed by atoms with van der Waals surface area (Å²) in [5.41, 5.74) is 8.23. The molecule has 34 heavy (non-hydrogen) atoms. The van der Waals surface area contributed by atoms with E-state index in [2.05, 4.69) is 34.3 Å². The molecule has 0 saturated heterocycles. The first kappa shape index (κ1) is 26.6. The molecule has 3 aromatic rings. The zero-order valence-corrected chi connectivity index (χ0v) is 20.3. The van der Waals surface area contributed by atoms with Crippen molar-refractivity contribution in [3.05, 3.63) is 76.9 Å². The van der Waals surface area contributed by atoms with E-state index in [9.17, 15) is 14.7 Å². The Balaban J connectivity index is 0.000000497. The molecule has 3 rings (SSSR count). The van der Waals surface area contributed by atoms with E-state index in [4.69, 9.17) is 22.1 Å². The van der Waals surface area contributed by atoms with Gasteiger partial charge >= 0.3 is 12.1 Å². The summed E-state index contributed by atoms with van der Waals surface area (Å²) in [7, 11) is 0. The van der Waals surface area contributed by atoms with Gasteiger partial charge in [-0.3, -0.25) is 0 Å². The third kappa shape index (κ3) is 9.46. The fraction of sp³-hybridized carbons (Fsp3) is 0.280. The number of ether oxygens (including phenoxy) is 1. The van der Waals surface area contributed by atoms with Crippen LogP contribution >= 0.6 is 11.6 Å². The largest absolute Gasteiger partial charge is 0.480 e. The summed E-state index contributed by atoms with van der Waals surface area (Å²) in [6.45, 7) is 7.19. The molecule has 0 radical (unpaired) electrons. The second-order valence-electron chi connectivity index (χ2n) is 8.53. The molecule has 0 aliphatic carbocycles. The number of aromatic nitrogens is 2. The van der Waals surface area contributed by atoms with Crippen LogP contribution in [0.1, 0.15) is 31.9 Å². The lowest BCUT2D eigenvalue weighted by Gasteiger charge is -2.22. The number of nitrogen functional groups attached to an aromatic ring is 1. The number of nitrogens with one attached hydrogen (secondary N) is 1. The Kier molecular flexibility index (Phi) is 9.38. The molecule has 1 amide bonds. The summed E-state index contributed by atoms with van der Waals surface area (Å²) in [6, 6.07) is 17.7. The lowest BCUT2D eigenvalue weighted by atomic mass is 10.0. The van der Waals surface area contributed by atoms with Crippen LogP contribution in [0.25, 0.3) is 11.3 Å². The van der Waals surface area contributed by atoms with Crippen molar-refractivity contribution in [3.8, 4) is 11.3 Å². The minimum Gasteiger partial charge on any atom is -0.480 e. The lowest BCUT2D eigenvalue weighted by molar-refractivity contribution is -0.139. The number of hydrogen-bond acceptors (Lipinski definition) is 6. The van der Waals surface area contributed by atoms with Gasteiger partial charge in [-0.25, -0.2) is 19.6 Å². The zero-order valence-electron chi connectivity index (χ0n) is 19.6. The molecule has 4 N–H and O–H groups in total. The van der Waals surface area contributed by atoms with Crippen molar-refractivity contribution in [2.45, 2.75) is 45.8 Å². The number of carbonyl (C=O) groups is 2. The van der Waals surface area contributed by atoms with E-state index < -0.39 is 23.7 Å². The number of nitrogens with two attached hydrogens (primary N) is 1. The van der Waals surface area contributed by atoms with Gasteiger partial charge in [0.1, 0.15) is 16.8 Å². The Morgan fingerprint density at radius 1 is 1.09 bits per heavy atom. The maximum atomic E-state index is 11.8. The maximum absolute atomic E-state index is 11.8. The van der Waals surface area contributed by atoms with E-state index in [1.807, 2.05) is 18.2 Å². The van der Waals surface area contributed by atoms with E-state index >= 15 is 0 Å². The monoisotopic (exact) mass is 484 g/mol. The number of amides is 1. The topological polar surface area (TPSA) is 127 Å². The predicted molar refractivity (Wildman–Crippen MR) is 133 cm³/mol. The van der Waals surface area contributed by atoms with Crippen LogP contribution in [0.4, 0.5) is 10.7 Å². The van der Waals surface area contributed by atoms with Crippen LogP contribution in [0, 0.1) is 6.92 Å². The lowest BCUT2D eigenvalue weighted by Crippen LogP contribution is -2.44. The van der Waals surface area contributed by atoms with Crippen LogP contribution in [0.3, 0.4) is 0 Å². The van der Waals surface area contributed by atoms with Gasteiger partial charge in [0.05, 0.1) is 5.69 Å².